The molecule has 29 heavy (non-hydrogen) atoms. The summed E-state index contributed by atoms with van der Waals surface area (Å²) in [7, 11) is 0. The highest BCUT2D eigenvalue weighted by Gasteiger charge is 2.32. The highest BCUT2D eigenvalue weighted by Crippen LogP contribution is 2.25. The Morgan fingerprint density at radius 1 is 1.03 bits per heavy atom. The van der Waals surface area contributed by atoms with Crippen molar-refractivity contribution >= 4 is 5.91 Å². The molecule has 2 saturated heterocycles. The van der Waals surface area contributed by atoms with Crippen LogP contribution in [-0.4, -0.2) is 65.0 Å². The predicted octanol–water partition coefficient (Wildman–Crippen LogP) is 2.14. The van der Waals surface area contributed by atoms with Crippen molar-refractivity contribution in [3.63, 3.8) is 0 Å². The Kier molecular flexibility index (Phi) is 7.16. The molecule has 2 aliphatic heterocycles. The van der Waals surface area contributed by atoms with Crippen molar-refractivity contribution in [2.75, 3.05) is 26.2 Å². The van der Waals surface area contributed by atoms with Gasteiger partial charge >= 0.3 is 0 Å². The summed E-state index contributed by atoms with van der Waals surface area (Å²) in [5.74, 6) is 0.444. The summed E-state index contributed by atoms with van der Waals surface area (Å²) in [6.07, 6.45) is 12.5. The van der Waals surface area contributed by atoms with E-state index < -0.39 is 0 Å². The van der Waals surface area contributed by atoms with Crippen molar-refractivity contribution < 1.29 is 4.79 Å². The molecule has 1 unspecified atom stereocenters. The molecule has 3 aliphatic rings. The Morgan fingerprint density at radius 2 is 1.76 bits per heavy atom. The summed E-state index contributed by atoms with van der Waals surface area (Å²) < 4.78 is 0. The molecule has 0 spiro atoms. The number of pyridine rings is 1. The molecule has 3 heterocycles. The molecule has 1 amide bonds. The van der Waals surface area contributed by atoms with Crippen LogP contribution in [0.15, 0.2) is 24.5 Å². The number of piperidine rings is 2. The Morgan fingerprint density at radius 3 is 2.48 bits per heavy atom. The number of likely N-dealkylation sites (tertiary alicyclic amines) is 2. The first-order valence-electron chi connectivity index (χ1n) is 11.6. The van der Waals surface area contributed by atoms with Gasteiger partial charge in [-0.05, 0) is 88.7 Å². The molecule has 4 rings (SSSR count). The highest BCUT2D eigenvalue weighted by molar-refractivity contribution is 5.79. The number of hydrogen-bond acceptors (Lipinski definition) is 5. The minimum atomic E-state index is 0.161. The molecule has 1 atom stereocenters. The average molecular weight is 400 g/mol. The number of carbonyl (C=O) groups excluding carboxylic acids is 1. The minimum Gasteiger partial charge on any atom is -0.353 e. The molecular weight excluding hydrogens is 362 g/mol. The fraction of sp³-hybridized carbons (Fsp3) is 0.739. The first kappa shape index (κ1) is 20.8. The quantitative estimate of drug-likeness (QED) is 0.794. The molecule has 6 heteroatoms. The van der Waals surface area contributed by atoms with Gasteiger partial charge in [0, 0.05) is 43.6 Å². The number of aromatic nitrogens is 1. The number of nitrogens with two attached hydrogens (primary N) is 1. The van der Waals surface area contributed by atoms with Gasteiger partial charge in [0.2, 0.25) is 5.91 Å². The van der Waals surface area contributed by atoms with Crippen LogP contribution in [0.25, 0.3) is 0 Å². The lowest BCUT2D eigenvalue weighted by atomic mass is 9.90. The second kappa shape index (κ2) is 10.0. The molecule has 6 nitrogen and oxygen atoms in total. The second-order valence-corrected chi connectivity index (χ2v) is 9.32. The van der Waals surface area contributed by atoms with Crippen LogP contribution in [0.3, 0.4) is 0 Å². The van der Waals surface area contributed by atoms with Crippen molar-refractivity contribution in [2.24, 2.45) is 11.7 Å². The van der Waals surface area contributed by atoms with E-state index in [1.165, 1.54) is 18.4 Å². The van der Waals surface area contributed by atoms with E-state index in [4.69, 9.17) is 5.73 Å². The Labute approximate surface area is 175 Å². The first-order valence-corrected chi connectivity index (χ1v) is 11.6. The number of carbonyl (C=O) groups is 1. The van der Waals surface area contributed by atoms with Crippen molar-refractivity contribution in [1.29, 1.82) is 0 Å². The third-order valence-corrected chi connectivity index (χ3v) is 7.17. The highest BCUT2D eigenvalue weighted by atomic mass is 16.2. The van der Waals surface area contributed by atoms with Crippen LogP contribution in [0.5, 0.6) is 0 Å². The summed E-state index contributed by atoms with van der Waals surface area (Å²) in [5, 5.41) is 3.33. The van der Waals surface area contributed by atoms with E-state index in [1.54, 1.807) is 0 Å². The van der Waals surface area contributed by atoms with E-state index in [0.717, 1.165) is 71.2 Å². The van der Waals surface area contributed by atoms with Crippen LogP contribution in [0.1, 0.15) is 56.9 Å². The third-order valence-electron chi connectivity index (χ3n) is 7.17. The number of nitrogens with zero attached hydrogens (tertiary/aromatic N) is 3. The van der Waals surface area contributed by atoms with E-state index in [9.17, 15) is 4.79 Å². The topological polar surface area (TPSA) is 74.5 Å². The van der Waals surface area contributed by atoms with E-state index in [2.05, 4.69) is 32.2 Å². The standard InChI is InChI=1S/C23H37N5O/c24-20-3-5-21(6-4-20)26-23(29)19-2-1-13-28(17-19)22-9-14-27(15-10-22)16-18-7-11-25-12-8-18/h7-8,11-12,19-22H,1-6,9-10,13-17,24H2,(H,26,29). The van der Waals surface area contributed by atoms with E-state index >= 15 is 0 Å². The first-order chi connectivity index (χ1) is 14.2. The van der Waals surface area contributed by atoms with Crippen molar-refractivity contribution in [3.8, 4) is 0 Å². The van der Waals surface area contributed by atoms with Crippen molar-refractivity contribution in [2.45, 2.75) is 76.0 Å². The molecule has 160 valence electrons. The zero-order valence-corrected chi connectivity index (χ0v) is 17.6. The summed E-state index contributed by atoms with van der Waals surface area (Å²) >= 11 is 0. The Balaban J connectivity index is 1.22. The van der Waals surface area contributed by atoms with Gasteiger partial charge in [-0.2, -0.15) is 0 Å². The molecular formula is C23H37N5O. The van der Waals surface area contributed by atoms with Gasteiger partial charge < -0.3 is 11.1 Å². The molecule has 3 fully saturated rings. The van der Waals surface area contributed by atoms with Crippen molar-refractivity contribution in [1.82, 2.24) is 20.1 Å². The number of hydrogen-bond donors (Lipinski definition) is 2. The Bertz CT molecular complexity index is 638. The summed E-state index contributed by atoms with van der Waals surface area (Å²) in [5.41, 5.74) is 7.34. The van der Waals surface area contributed by atoms with Crippen LogP contribution in [0, 0.1) is 5.92 Å². The van der Waals surface area contributed by atoms with Crippen LogP contribution in [-0.2, 0) is 11.3 Å². The molecule has 0 aromatic carbocycles. The lowest BCUT2D eigenvalue weighted by molar-refractivity contribution is -0.128. The maximum Gasteiger partial charge on any atom is 0.224 e. The smallest absolute Gasteiger partial charge is 0.224 e. The molecule has 3 N–H and O–H groups in total. The summed E-state index contributed by atoms with van der Waals surface area (Å²) in [4.78, 5) is 22.1. The molecule has 1 aromatic rings. The van der Waals surface area contributed by atoms with E-state index in [1.807, 2.05) is 12.4 Å². The van der Waals surface area contributed by atoms with Gasteiger partial charge in [0.05, 0.1) is 5.92 Å². The van der Waals surface area contributed by atoms with E-state index in [0.29, 0.717) is 18.1 Å². The van der Waals surface area contributed by atoms with E-state index in [-0.39, 0.29) is 11.8 Å². The minimum absolute atomic E-state index is 0.161. The van der Waals surface area contributed by atoms with Gasteiger partial charge in [0.25, 0.3) is 0 Å². The van der Waals surface area contributed by atoms with Crippen LogP contribution in [0.2, 0.25) is 0 Å². The van der Waals surface area contributed by atoms with Gasteiger partial charge in [-0.15, -0.1) is 0 Å². The van der Waals surface area contributed by atoms with Gasteiger partial charge in [0.1, 0.15) is 0 Å². The van der Waals surface area contributed by atoms with Gasteiger partial charge in [-0.3, -0.25) is 19.6 Å². The molecule has 1 aliphatic carbocycles. The van der Waals surface area contributed by atoms with Gasteiger partial charge in [-0.25, -0.2) is 0 Å². The zero-order valence-electron chi connectivity index (χ0n) is 17.6. The normalized spacial score (nSPS) is 30.2. The summed E-state index contributed by atoms with van der Waals surface area (Å²) in [6, 6.07) is 5.53. The fourth-order valence-corrected chi connectivity index (χ4v) is 5.32. The fourth-order valence-electron chi connectivity index (χ4n) is 5.32. The van der Waals surface area contributed by atoms with Gasteiger partial charge in [0.15, 0.2) is 0 Å². The number of rotatable bonds is 5. The van der Waals surface area contributed by atoms with Gasteiger partial charge in [-0.1, -0.05) is 0 Å². The SMILES string of the molecule is NC1CCC(NC(=O)C2CCCN(C3CCN(Cc4ccncc4)CC3)C2)CC1. The van der Waals surface area contributed by atoms with Crippen LogP contribution < -0.4 is 11.1 Å². The maximum absolute atomic E-state index is 12.8. The lowest BCUT2D eigenvalue weighted by Gasteiger charge is -2.42. The van der Waals surface area contributed by atoms with Crippen molar-refractivity contribution in [3.05, 3.63) is 30.1 Å². The summed E-state index contributed by atoms with van der Waals surface area (Å²) in [6.45, 7) is 5.39. The largest absolute Gasteiger partial charge is 0.353 e. The molecule has 0 bridgehead atoms. The predicted molar refractivity (Wildman–Crippen MR) is 115 cm³/mol. The zero-order chi connectivity index (χ0) is 20.1. The number of nitrogens with one attached hydrogen (secondary N) is 1. The molecule has 0 radical (unpaired) electrons. The average Bonchev–Trinajstić information content (AvgIpc) is 2.77. The van der Waals surface area contributed by atoms with Crippen LogP contribution >= 0.6 is 0 Å². The maximum atomic E-state index is 12.8. The van der Waals surface area contributed by atoms with Crippen LogP contribution in [0.4, 0.5) is 0 Å². The molecule has 1 aromatic heterocycles. The monoisotopic (exact) mass is 399 g/mol. The molecule has 1 saturated carbocycles. The third kappa shape index (κ3) is 5.77. The number of amides is 1. The second-order valence-electron chi connectivity index (χ2n) is 9.32. The Hall–Kier alpha value is -1.50. The lowest BCUT2D eigenvalue weighted by Crippen LogP contribution is -2.52.